The summed E-state index contributed by atoms with van der Waals surface area (Å²) in [6.07, 6.45) is 8.22. The molecular formula is C17H28Cl2N4O. The Labute approximate surface area is 156 Å². The highest BCUT2D eigenvalue weighted by Gasteiger charge is 2.25. The van der Waals surface area contributed by atoms with Crippen LogP contribution in [0.25, 0.3) is 0 Å². The van der Waals surface area contributed by atoms with Gasteiger partial charge in [-0.05, 0) is 49.8 Å². The van der Waals surface area contributed by atoms with Gasteiger partial charge in [0.2, 0.25) is 5.91 Å². The first-order chi connectivity index (χ1) is 10.7. The van der Waals surface area contributed by atoms with Crippen LogP contribution in [0.3, 0.4) is 0 Å². The predicted molar refractivity (Wildman–Crippen MR) is 102 cm³/mol. The number of nitrogens with zero attached hydrogens (tertiary/aromatic N) is 2. The number of pyridine rings is 1. The first kappa shape index (κ1) is 21.0. The standard InChI is InChI=1S/C17H26N4O.2ClH/c18-15-5-3-4-14(11-15)17(22)20-12-13-6-7-19-16(10-13)21-8-1-2-9-21;;/h6-7,10,14-15H,1-5,8-9,11-12,18H2,(H,20,22);2*1H. The van der Waals surface area contributed by atoms with Crippen LogP contribution in [0.2, 0.25) is 0 Å². The third-order valence-electron chi connectivity index (χ3n) is 4.79. The van der Waals surface area contributed by atoms with Crippen molar-refractivity contribution in [1.29, 1.82) is 0 Å². The lowest BCUT2D eigenvalue weighted by atomic mass is 9.85. The van der Waals surface area contributed by atoms with Gasteiger partial charge in [-0.25, -0.2) is 4.98 Å². The Balaban J connectivity index is 0.00000144. The molecule has 1 saturated carbocycles. The second-order valence-corrected chi connectivity index (χ2v) is 6.56. The average molecular weight is 375 g/mol. The Bertz CT molecular complexity index is 523. The molecule has 24 heavy (non-hydrogen) atoms. The fraction of sp³-hybridized carbons (Fsp3) is 0.647. The third kappa shape index (κ3) is 5.50. The smallest absolute Gasteiger partial charge is 0.223 e. The summed E-state index contributed by atoms with van der Waals surface area (Å²) in [5.74, 6) is 1.27. The van der Waals surface area contributed by atoms with E-state index in [2.05, 4.69) is 21.3 Å². The van der Waals surface area contributed by atoms with Gasteiger partial charge in [-0.3, -0.25) is 4.79 Å². The maximum Gasteiger partial charge on any atom is 0.223 e. The van der Waals surface area contributed by atoms with Gasteiger partial charge < -0.3 is 16.0 Å². The van der Waals surface area contributed by atoms with Crippen LogP contribution in [0.1, 0.15) is 44.1 Å². The van der Waals surface area contributed by atoms with Gasteiger partial charge in [0.05, 0.1) is 0 Å². The zero-order valence-electron chi connectivity index (χ0n) is 13.9. The molecule has 2 fully saturated rings. The van der Waals surface area contributed by atoms with Crippen molar-refractivity contribution in [2.45, 2.75) is 51.1 Å². The SMILES string of the molecule is Cl.Cl.NC1CCCC(C(=O)NCc2ccnc(N3CCCC3)c2)C1. The summed E-state index contributed by atoms with van der Waals surface area (Å²) in [5.41, 5.74) is 7.08. The summed E-state index contributed by atoms with van der Waals surface area (Å²) in [7, 11) is 0. The number of hydrogen-bond donors (Lipinski definition) is 2. The lowest BCUT2D eigenvalue weighted by molar-refractivity contribution is -0.126. The van der Waals surface area contributed by atoms with E-state index in [9.17, 15) is 4.79 Å². The molecule has 2 unspecified atom stereocenters. The molecule has 0 bridgehead atoms. The molecule has 0 radical (unpaired) electrons. The van der Waals surface area contributed by atoms with Gasteiger partial charge in [0.25, 0.3) is 0 Å². The van der Waals surface area contributed by atoms with Gasteiger partial charge >= 0.3 is 0 Å². The second-order valence-electron chi connectivity index (χ2n) is 6.56. The van der Waals surface area contributed by atoms with Crippen LogP contribution < -0.4 is 16.0 Å². The van der Waals surface area contributed by atoms with E-state index < -0.39 is 0 Å². The van der Waals surface area contributed by atoms with E-state index in [1.807, 2.05) is 12.3 Å². The minimum Gasteiger partial charge on any atom is -0.357 e. The van der Waals surface area contributed by atoms with Crippen LogP contribution in [0.4, 0.5) is 5.82 Å². The number of hydrogen-bond acceptors (Lipinski definition) is 4. The molecule has 3 rings (SSSR count). The lowest BCUT2D eigenvalue weighted by Gasteiger charge is -2.25. The highest BCUT2D eigenvalue weighted by Crippen LogP contribution is 2.23. The van der Waals surface area contributed by atoms with E-state index >= 15 is 0 Å². The van der Waals surface area contributed by atoms with Crippen LogP contribution in [-0.2, 0) is 11.3 Å². The topological polar surface area (TPSA) is 71.2 Å². The summed E-state index contributed by atoms with van der Waals surface area (Å²) in [4.78, 5) is 19.0. The quantitative estimate of drug-likeness (QED) is 0.849. The van der Waals surface area contributed by atoms with Gasteiger partial charge in [-0.15, -0.1) is 24.8 Å². The molecule has 2 heterocycles. The second kappa shape index (κ2) is 10.1. The molecule has 1 aromatic heterocycles. The van der Waals surface area contributed by atoms with Crippen LogP contribution in [0.15, 0.2) is 18.3 Å². The summed E-state index contributed by atoms with van der Waals surface area (Å²) >= 11 is 0. The van der Waals surface area contributed by atoms with E-state index in [0.29, 0.717) is 6.54 Å². The normalized spacial score (nSPS) is 23.1. The molecule has 0 spiro atoms. The minimum atomic E-state index is 0. The molecule has 0 aromatic carbocycles. The molecule has 1 aliphatic heterocycles. The number of carbonyl (C=O) groups is 1. The Morgan fingerprint density at radius 3 is 2.71 bits per heavy atom. The summed E-state index contributed by atoms with van der Waals surface area (Å²) < 4.78 is 0. The van der Waals surface area contributed by atoms with Gasteiger partial charge in [0.15, 0.2) is 0 Å². The fourth-order valence-electron chi connectivity index (χ4n) is 3.49. The van der Waals surface area contributed by atoms with E-state index in [0.717, 1.165) is 50.2 Å². The molecule has 2 aliphatic rings. The number of aromatic nitrogens is 1. The average Bonchev–Trinajstić information content (AvgIpc) is 3.07. The Morgan fingerprint density at radius 1 is 1.25 bits per heavy atom. The van der Waals surface area contributed by atoms with Gasteiger partial charge in [0.1, 0.15) is 5.82 Å². The monoisotopic (exact) mass is 374 g/mol. The van der Waals surface area contributed by atoms with E-state index in [1.165, 1.54) is 12.8 Å². The molecule has 1 saturated heterocycles. The van der Waals surface area contributed by atoms with E-state index in [4.69, 9.17) is 5.73 Å². The largest absolute Gasteiger partial charge is 0.357 e. The number of halogens is 2. The number of carbonyl (C=O) groups excluding carboxylic acids is 1. The fourth-order valence-corrected chi connectivity index (χ4v) is 3.49. The van der Waals surface area contributed by atoms with Crippen LogP contribution in [-0.4, -0.2) is 30.0 Å². The van der Waals surface area contributed by atoms with Crippen molar-refractivity contribution in [3.8, 4) is 0 Å². The molecule has 1 aromatic rings. The van der Waals surface area contributed by atoms with Crippen LogP contribution in [0, 0.1) is 5.92 Å². The van der Waals surface area contributed by atoms with Crippen molar-refractivity contribution >= 4 is 36.5 Å². The Morgan fingerprint density at radius 2 is 2.00 bits per heavy atom. The number of anilines is 1. The molecule has 2 atom stereocenters. The molecule has 3 N–H and O–H groups in total. The van der Waals surface area contributed by atoms with Crippen molar-refractivity contribution < 1.29 is 4.79 Å². The summed E-state index contributed by atoms with van der Waals surface area (Å²) in [6.45, 7) is 2.75. The molecule has 1 amide bonds. The predicted octanol–water partition coefficient (Wildman–Crippen LogP) is 2.66. The van der Waals surface area contributed by atoms with Gasteiger partial charge in [-0.2, -0.15) is 0 Å². The zero-order chi connectivity index (χ0) is 15.4. The van der Waals surface area contributed by atoms with Crippen molar-refractivity contribution in [2.75, 3.05) is 18.0 Å². The van der Waals surface area contributed by atoms with E-state index in [1.54, 1.807) is 0 Å². The maximum absolute atomic E-state index is 12.3. The van der Waals surface area contributed by atoms with Crippen LogP contribution >= 0.6 is 24.8 Å². The number of nitrogens with two attached hydrogens (primary N) is 1. The maximum atomic E-state index is 12.3. The Kier molecular flexibility index (Phi) is 8.81. The van der Waals surface area contributed by atoms with Gasteiger partial charge in [0, 0.05) is 37.8 Å². The Hall–Kier alpha value is -1.04. The summed E-state index contributed by atoms with van der Waals surface area (Å²) in [6, 6.07) is 4.26. The van der Waals surface area contributed by atoms with Crippen molar-refractivity contribution in [2.24, 2.45) is 11.7 Å². The third-order valence-corrected chi connectivity index (χ3v) is 4.79. The molecular weight excluding hydrogens is 347 g/mol. The molecule has 5 nitrogen and oxygen atoms in total. The van der Waals surface area contributed by atoms with E-state index in [-0.39, 0.29) is 42.7 Å². The first-order valence-corrected chi connectivity index (χ1v) is 8.45. The minimum absolute atomic E-state index is 0. The zero-order valence-corrected chi connectivity index (χ0v) is 15.6. The highest BCUT2D eigenvalue weighted by molar-refractivity contribution is 5.85. The first-order valence-electron chi connectivity index (χ1n) is 8.45. The van der Waals surface area contributed by atoms with Crippen LogP contribution in [0.5, 0.6) is 0 Å². The summed E-state index contributed by atoms with van der Waals surface area (Å²) in [5, 5.41) is 3.07. The van der Waals surface area contributed by atoms with Crippen molar-refractivity contribution in [3.63, 3.8) is 0 Å². The van der Waals surface area contributed by atoms with Gasteiger partial charge in [-0.1, -0.05) is 6.42 Å². The number of amides is 1. The number of nitrogens with one attached hydrogen (secondary N) is 1. The van der Waals surface area contributed by atoms with Crippen molar-refractivity contribution in [1.82, 2.24) is 10.3 Å². The highest BCUT2D eigenvalue weighted by atomic mass is 35.5. The molecule has 7 heteroatoms. The number of rotatable bonds is 4. The molecule has 1 aliphatic carbocycles. The molecule has 136 valence electrons. The van der Waals surface area contributed by atoms with Crippen molar-refractivity contribution in [3.05, 3.63) is 23.9 Å². The lowest BCUT2D eigenvalue weighted by Crippen LogP contribution is -2.37.